The van der Waals surface area contributed by atoms with E-state index in [-0.39, 0.29) is 11.2 Å². The molecule has 4 rings (SSSR count). The highest BCUT2D eigenvalue weighted by Gasteiger charge is 2.22. The third-order valence-electron chi connectivity index (χ3n) is 4.87. The molecule has 0 spiro atoms. The number of hydrogen-bond donors (Lipinski definition) is 2. The predicted octanol–water partition coefficient (Wildman–Crippen LogP) is 4.67. The summed E-state index contributed by atoms with van der Waals surface area (Å²) in [5.74, 6) is 0.285. The maximum Gasteiger partial charge on any atom is 0.336 e. The molecule has 8 nitrogen and oxygen atoms in total. The molecule has 2 N–H and O–H groups in total. The van der Waals surface area contributed by atoms with Gasteiger partial charge in [-0.1, -0.05) is 23.7 Å². The van der Waals surface area contributed by atoms with Crippen molar-refractivity contribution in [1.29, 1.82) is 0 Å². The summed E-state index contributed by atoms with van der Waals surface area (Å²) in [5, 5.41) is 18.1. The zero-order valence-corrected chi connectivity index (χ0v) is 17.6. The molecule has 9 heteroatoms. The van der Waals surface area contributed by atoms with Crippen LogP contribution in [-0.2, 0) is 0 Å². The van der Waals surface area contributed by atoms with Crippen LogP contribution >= 0.6 is 11.6 Å². The number of benzene rings is 2. The predicted molar refractivity (Wildman–Crippen MR) is 116 cm³/mol. The lowest BCUT2D eigenvalue weighted by Gasteiger charge is -2.14. The van der Waals surface area contributed by atoms with Crippen LogP contribution in [0.4, 0.5) is 0 Å². The molecule has 0 aliphatic carbocycles. The van der Waals surface area contributed by atoms with E-state index in [4.69, 9.17) is 25.8 Å². The Hall–Kier alpha value is -3.78. The van der Waals surface area contributed by atoms with Crippen LogP contribution in [0.25, 0.3) is 33.5 Å². The quantitative estimate of drug-likeness (QED) is 0.449. The standard InChI is InChI=1S/C22H18ClN3O5/c1-29-16-10-18(31-3)17(30-2)9-13(16)15-8-14(22(27)28)19-20(25-26-21(19)24-15)11-4-6-12(23)7-5-11/h4-10H,1-3H3,(H,27,28)(H,24,25,26). The van der Waals surface area contributed by atoms with Crippen LogP contribution in [0, 0.1) is 0 Å². The van der Waals surface area contributed by atoms with Crippen LogP contribution in [0.1, 0.15) is 10.4 Å². The normalized spacial score (nSPS) is 10.8. The molecule has 2 heterocycles. The third-order valence-corrected chi connectivity index (χ3v) is 5.12. The van der Waals surface area contributed by atoms with Gasteiger partial charge < -0.3 is 19.3 Å². The average Bonchev–Trinajstić information content (AvgIpc) is 3.21. The number of methoxy groups -OCH3 is 3. The second-order valence-corrected chi connectivity index (χ2v) is 7.01. The minimum absolute atomic E-state index is 0.0514. The number of aromatic carboxylic acids is 1. The van der Waals surface area contributed by atoms with Gasteiger partial charge in [0.2, 0.25) is 0 Å². The number of hydrogen-bond acceptors (Lipinski definition) is 6. The van der Waals surface area contributed by atoms with E-state index in [0.717, 1.165) is 5.56 Å². The van der Waals surface area contributed by atoms with Crippen LogP contribution in [0.2, 0.25) is 5.02 Å². The molecule has 158 valence electrons. The lowest BCUT2D eigenvalue weighted by atomic mass is 10.0. The Balaban J connectivity index is 1.96. The fourth-order valence-electron chi connectivity index (χ4n) is 3.39. The first-order valence-electron chi connectivity index (χ1n) is 9.15. The zero-order chi connectivity index (χ0) is 22.1. The van der Waals surface area contributed by atoms with Crippen LogP contribution in [0.5, 0.6) is 17.2 Å². The van der Waals surface area contributed by atoms with Crippen molar-refractivity contribution in [2.45, 2.75) is 0 Å². The molecule has 0 radical (unpaired) electrons. The largest absolute Gasteiger partial charge is 0.496 e. The number of ether oxygens (including phenoxy) is 3. The fraction of sp³-hybridized carbons (Fsp3) is 0.136. The number of aromatic amines is 1. The second-order valence-electron chi connectivity index (χ2n) is 6.57. The van der Waals surface area contributed by atoms with Gasteiger partial charge in [-0.3, -0.25) is 5.10 Å². The number of halogens is 1. The molecular formula is C22H18ClN3O5. The van der Waals surface area contributed by atoms with Gasteiger partial charge in [0.15, 0.2) is 17.1 Å². The van der Waals surface area contributed by atoms with E-state index >= 15 is 0 Å². The summed E-state index contributed by atoms with van der Waals surface area (Å²) in [4.78, 5) is 16.7. The number of pyridine rings is 1. The molecule has 4 aromatic rings. The lowest BCUT2D eigenvalue weighted by Crippen LogP contribution is -2.01. The number of fused-ring (bicyclic) bond motifs is 1. The molecular weight excluding hydrogens is 422 g/mol. The number of nitrogens with one attached hydrogen (secondary N) is 1. The zero-order valence-electron chi connectivity index (χ0n) is 16.9. The van der Waals surface area contributed by atoms with Gasteiger partial charge in [0.1, 0.15) is 5.75 Å². The minimum Gasteiger partial charge on any atom is -0.496 e. The topological polar surface area (TPSA) is 107 Å². The van der Waals surface area contributed by atoms with Gasteiger partial charge in [0.05, 0.1) is 43.7 Å². The Morgan fingerprint density at radius 2 is 1.61 bits per heavy atom. The van der Waals surface area contributed by atoms with Gasteiger partial charge in [-0.15, -0.1) is 0 Å². The van der Waals surface area contributed by atoms with Crippen molar-refractivity contribution in [3.05, 3.63) is 53.1 Å². The van der Waals surface area contributed by atoms with Crippen molar-refractivity contribution in [2.24, 2.45) is 0 Å². The van der Waals surface area contributed by atoms with E-state index in [1.807, 2.05) is 0 Å². The van der Waals surface area contributed by atoms with E-state index in [9.17, 15) is 9.90 Å². The first-order chi connectivity index (χ1) is 15.0. The Morgan fingerprint density at radius 3 is 2.23 bits per heavy atom. The molecule has 0 unspecified atom stereocenters. The summed E-state index contributed by atoms with van der Waals surface area (Å²) in [6, 6.07) is 11.8. The van der Waals surface area contributed by atoms with Gasteiger partial charge >= 0.3 is 5.97 Å². The summed E-state index contributed by atoms with van der Waals surface area (Å²) in [6.07, 6.45) is 0. The van der Waals surface area contributed by atoms with E-state index in [1.54, 1.807) is 36.4 Å². The number of rotatable bonds is 6. The molecule has 0 aliphatic rings. The molecule has 0 saturated carbocycles. The van der Waals surface area contributed by atoms with Crippen molar-refractivity contribution < 1.29 is 24.1 Å². The SMILES string of the molecule is COc1cc(OC)c(-c2cc(C(=O)O)c3c(-c4ccc(Cl)cc4)[nH]nc3n2)cc1OC. The number of aromatic nitrogens is 3. The fourth-order valence-corrected chi connectivity index (χ4v) is 3.51. The van der Waals surface area contributed by atoms with Crippen molar-refractivity contribution in [2.75, 3.05) is 21.3 Å². The summed E-state index contributed by atoms with van der Waals surface area (Å²) >= 11 is 5.97. The number of carbonyl (C=O) groups is 1. The van der Waals surface area contributed by atoms with Crippen molar-refractivity contribution in [3.8, 4) is 39.8 Å². The van der Waals surface area contributed by atoms with E-state index < -0.39 is 5.97 Å². The Kier molecular flexibility index (Phi) is 5.39. The Labute approximate surface area is 182 Å². The lowest BCUT2D eigenvalue weighted by molar-refractivity contribution is 0.0699. The summed E-state index contributed by atoms with van der Waals surface area (Å²) in [5.41, 5.74) is 2.51. The molecule has 0 saturated heterocycles. The van der Waals surface area contributed by atoms with Crippen molar-refractivity contribution >= 4 is 28.6 Å². The van der Waals surface area contributed by atoms with Gasteiger partial charge in [0, 0.05) is 22.2 Å². The van der Waals surface area contributed by atoms with Crippen molar-refractivity contribution in [1.82, 2.24) is 15.2 Å². The van der Waals surface area contributed by atoms with Crippen LogP contribution in [0.3, 0.4) is 0 Å². The first kappa shape index (κ1) is 20.5. The summed E-state index contributed by atoms with van der Waals surface area (Å²) < 4.78 is 16.2. The first-order valence-corrected chi connectivity index (χ1v) is 9.53. The molecule has 2 aromatic carbocycles. The monoisotopic (exact) mass is 439 g/mol. The smallest absolute Gasteiger partial charge is 0.336 e. The van der Waals surface area contributed by atoms with E-state index in [1.165, 1.54) is 27.4 Å². The maximum atomic E-state index is 12.1. The maximum absolute atomic E-state index is 12.1. The van der Waals surface area contributed by atoms with Gasteiger partial charge in [-0.25, -0.2) is 9.78 Å². The van der Waals surface area contributed by atoms with Crippen LogP contribution < -0.4 is 14.2 Å². The average molecular weight is 440 g/mol. The Bertz CT molecular complexity index is 1280. The molecule has 0 amide bonds. The number of carboxylic acids is 1. The highest BCUT2D eigenvalue weighted by Crippen LogP contribution is 2.41. The Morgan fingerprint density at radius 1 is 0.968 bits per heavy atom. The third kappa shape index (κ3) is 3.62. The number of nitrogens with zero attached hydrogens (tertiary/aromatic N) is 2. The van der Waals surface area contributed by atoms with E-state index in [2.05, 4.69) is 15.2 Å². The summed E-state index contributed by atoms with van der Waals surface area (Å²) in [7, 11) is 4.54. The molecule has 2 aromatic heterocycles. The van der Waals surface area contributed by atoms with Crippen LogP contribution in [-0.4, -0.2) is 47.6 Å². The highest BCUT2D eigenvalue weighted by molar-refractivity contribution is 6.30. The minimum atomic E-state index is -1.11. The molecule has 0 atom stereocenters. The van der Waals surface area contributed by atoms with Gasteiger partial charge in [-0.05, 0) is 24.3 Å². The number of carboxylic acid groups (broad SMARTS) is 1. The summed E-state index contributed by atoms with van der Waals surface area (Å²) in [6.45, 7) is 0. The molecule has 0 bridgehead atoms. The highest BCUT2D eigenvalue weighted by atomic mass is 35.5. The van der Waals surface area contributed by atoms with E-state index in [0.29, 0.717) is 44.6 Å². The molecule has 0 aliphatic heterocycles. The second kappa shape index (κ2) is 8.16. The molecule has 0 fully saturated rings. The van der Waals surface area contributed by atoms with Crippen molar-refractivity contribution in [3.63, 3.8) is 0 Å². The molecule has 31 heavy (non-hydrogen) atoms. The van der Waals surface area contributed by atoms with Crippen LogP contribution in [0.15, 0.2) is 42.5 Å². The van der Waals surface area contributed by atoms with Gasteiger partial charge in [-0.2, -0.15) is 5.10 Å². The van der Waals surface area contributed by atoms with Gasteiger partial charge in [0.25, 0.3) is 0 Å². The number of H-pyrrole nitrogens is 1.